The fourth-order valence-electron chi connectivity index (χ4n) is 4.54. The number of hydrogen-bond acceptors (Lipinski definition) is 8. The van der Waals surface area contributed by atoms with Crippen LogP contribution >= 0.6 is 0 Å². The molecule has 2 amide bonds. The van der Waals surface area contributed by atoms with Crippen molar-refractivity contribution in [1.82, 2.24) is 10.3 Å². The number of aromatic nitrogens is 1. The summed E-state index contributed by atoms with van der Waals surface area (Å²) in [4.78, 5) is 31.0. The Hall–Kier alpha value is -3.28. The van der Waals surface area contributed by atoms with Crippen molar-refractivity contribution in [2.45, 2.75) is 31.8 Å². The Morgan fingerprint density at radius 1 is 1.26 bits per heavy atom. The van der Waals surface area contributed by atoms with Crippen LogP contribution in [0, 0.1) is 5.82 Å². The molecule has 3 aliphatic rings. The fraction of sp³-hybridized carbons (Fsp3) is 0.435. The minimum absolute atomic E-state index is 0.0281. The van der Waals surface area contributed by atoms with Crippen LogP contribution in [0.25, 0.3) is 0 Å². The lowest BCUT2D eigenvalue weighted by molar-refractivity contribution is -0.119. The summed E-state index contributed by atoms with van der Waals surface area (Å²) < 4.78 is 25.4. The maximum Gasteiger partial charge on any atom is 0.263 e. The Morgan fingerprint density at radius 3 is 2.97 bits per heavy atom. The summed E-state index contributed by atoms with van der Waals surface area (Å²) in [7, 11) is 1.68. The summed E-state index contributed by atoms with van der Waals surface area (Å²) in [5, 5.41) is 16.3. The Bertz CT molecular complexity index is 1130. The number of aliphatic hydroxyl groups excluding tert-OH is 1. The minimum atomic E-state index is -1.15. The number of nitrogens with zero attached hydrogens (tertiary/aromatic N) is 3. The zero-order chi connectivity index (χ0) is 23.8. The Morgan fingerprint density at radius 2 is 2.12 bits per heavy atom. The number of amides is 2. The predicted molar refractivity (Wildman–Crippen MR) is 121 cm³/mol. The number of carbonyl (C=O) groups excluding carboxylic acids is 2. The van der Waals surface area contributed by atoms with Gasteiger partial charge in [0.25, 0.3) is 5.91 Å². The molecule has 0 spiro atoms. The molecule has 2 atom stereocenters. The van der Waals surface area contributed by atoms with Crippen LogP contribution in [0.3, 0.4) is 0 Å². The molecule has 1 saturated heterocycles. The van der Waals surface area contributed by atoms with Gasteiger partial charge in [-0.1, -0.05) is 6.07 Å². The van der Waals surface area contributed by atoms with Gasteiger partial charge in [0.2, 0.25) is 12.3 Å². The molecule has 180 valence electrons. The highest BCUT2D eigenvalue weighted by Crippen LogP contribution is 2.34. The molecule has 1 aromatic heterocycles. The average molecular weight is 471 g/mol. The monoisotopic (exact) mass is 471 g/mol. The summed E-state index contributed by atoms with van der Waals surface area (Å²) in [6, 6.07) is 6.51. The van der Waals surface area contributed by atoms with E-state index in [0.29, 0.717) is 67.5 Å². The highest BCUT2D eigenvalue weighted by atomic mass is 19.1. The number of rotatable bonds is 7. The maximum atomic E-state index is 14.4. The van der Waals surface area contributed by atoms with E-state index in [1.807, 2.05) is 0 Å². The molecule has 1 aromatic carbocycles. The molecular weight excluding hydrogens is 445 g/mol. The summed E-state index contributed by atoms with van der Waals surface area (Å²) in [6.07, 6.45) is 0.0202. The van der Waals surface area contributed by atoms with Crippen molar-refractivity contribution in [1.29, 1.82) is 0 Å². The fourth-order valence-corrected chi connectivity index (χ4v) is 4.54. The predicted octanol–water partition coefficient (Wildman–Crippen LogP) is 0.774. The third-order valence-electron chi connectivity index (χ3n) is 6.29. The molecule has 3 aliphatic heterocycles. The van der Waals surface area contributed by atoms with Crippen molar-refractivity contribution in [2.24, 2.45) is 0 Å². The number of halogens is 1. The first-order chi connectivity index (χ1) is 16.4. The largest absolute Gasteiger partial charge is 0.480 e. The van der Waals surface area contributed by atoms with Gasteiger partial charge < -0.3 is 35.0 Å². The third-order valence-corrected chi connectivity index (χ3v) is 6.29. The summed E-state index contributed by atoms with van der Waals surface area (Å²) in [5.41, 5.74) is 2.09. The Balaban J connectivity index is 1.12. The first kappa shape index (κ1) is 22.5. The maximum absolute atomic E-state index is 14.4. The van der Waals surface area contributed by atoms with E-state index in [9.17, 15) is 19.1 Å². The minimum Gasteiger partial charge on any atom is -0.480 e. The molecule has 5 rings (SSSR count). The van der Waals surface area contributed by atoms with Gasteiger partial charge in [-0.05, 0) is 49.7 Å². The van der Waals surface area contributed by atoms with Gasteiger partial charge in [0.1, 0.15) is 11.6 Å². The molecule has 11 heteroatoms. The first-order valence-electron chi connectivity index (χ1n) is 11.2. The molecule has 0 radical (unpaired) electrons. The van der Waals surface area contributed by atoms with E-state index in [-0.39, 0.29) is 30.3 Å². The van der Waals surface area contributed by atoms with Crippen LogP contribution < -0.4 is 25.2 Å². The molecule has 34 heavy (non-hydrogen) atoms. The smallest absolute Gasteiger partial charge is 0.263 e. The van der Waals surface area contributed by atoms with E-state index in [1.165, 1.54) is 11.0 Å². The van der Waals surface area contributed by atoms with Gasteiger partial charge in [-0.2, -0.15) is 0 Å². The van der Waals surface area contributed by atoms with Crippen molar-refractivity contribution in [3.8, 4) is 5.75 Å². The van der Waals surface area contributed by atoms with Crippen LogP contribution in [-0.4, -0.2) is 67.7 Å². The van der Waals surface area contributed by atoms with Crippen molar-refractivity contribution in [2.75, 3.05) is 48.4 Å². The van der Waals surface area contributed by atoms with E-state index in [2.05, 4.69) is 15.6 Å². The van der Waals surface area contributed by atoms with Gasteiger partial charge in [0, 0.05) is 12.6 Å². The number of aliphatic hydroxyl groups is 1. The summed E-state index contributed by atoms with van der Waals surface area (Å²) in [6.45, 7) is 1.53. The van der Waals surface area contributed by atoms with Crippen LogP contribution in [0.2, 0.25) is 0 Å². The Kier molecular flexibility index (Phi) is 6.07. The summed E-state index contributed by atoms with van der Waals surface area (Å²) >= 11 is 0. The van der Waals surface area contributed by atoms with Crippen LogP contribution in [0.5, 0.6) is 5.75 Å². The van der Waals surface area contributed by atoms with E-state index in [0.717, 1.165) is 5.56 Å². The number of fused-ring (bicyclic) bond motifs is 2. The van der Waals surface area contributed by atoms with Crippen molar-refractivity contribution in [3.63, 3.8) is 0 Å². The van der Waals surface area contributed by atoms with E-state index < -0.39 is 6.41 Å². The number of ether oxygens (including phenoxy) is 2. The molecule has 4 heterocycles. The van der Waals surface area contributed by atoms with Gasteiger partial charge in [0.15, 0.2) is 18.2 Å². The van der Waals surface area contributed by atoms with Gasteiger partial charge in [0.05, 0.1) is 24.8 Å². The molecule has 3 N–H and O–H groups in total. The van der Waals surface area contributed by atoms with Gasteiger partial charge in [-0.25, -0.2) is 9.37 Å². The highest BCUT2D eigenvalue weighted by Gasteiger charge is 2.33. The van der Waals surface area contributed by atoms with Crippen LogP contribution in [-0.2, 0) is 27.2 Å². The number of nitrogens with one attached hydrogen (secondary N) is 2. The number of hydrogen-bond donors (Lipinski definition) is 3. The quantitative estimate of drug-likeness (QED) is 0.508. The highest BCUT2D eigenvalue weighted by molar-refractivity contribution is 6.01. The lowest BCUT2D eigenvalue weighted by Crippen LogP contribution is -2.32. The average Bonchev–Trinajstić information content (AvgIpc) is 3.33. The lowest BCUT2D eigenvalue weighted by Gasteiger charge is -2.22. The first-order valence-corrected chi connectivity index (χ1v) is 11.2. The van der Waals surface area contributed by atoms with Gasteiger partial charge in [-0.15, -0.1) is 0 Å². The van der Waals surface area contributed by atoms with Gasteiger partial charge >= 0.3 is 0 Å². The standard InChI is InChI=1S/C23H26FN5O5/c1-28-20(31)10-13-2-3-16(24)15(21(13)28)7-9-25-8-6-14-11-29(23(32)34-14)18-5-4-17-22(26-18)27-19(30)12-33-17/h2-5,14,23,25,32H,6-12H2,1H3,(H,26,27,30). The summed E-state index contributed by atoms with van der Waals surface area (Å²) in [5.74, 6) is 0.657. The van der Waals surface area contributed by atoms with Crippen molar-refractivity contribution in [3.05, 3.63) is 41.2 Å². The number of carbonyl (C=O) groups is 2. The zero-order valence-corrected chi connectivity index (χ0v) is 18.7. The molecule has 2 unspecified atom stereocenters. The molecule has 0 aliphatic carbocycles. The number of pyridine rings is 1. The van der Waals surface area contributed by atoms with Crippen molar-refractivity contribution < 1.29 is 28.6 Å². The second-order valence-electron chi connectivity index (χ2n) is 8.54. The number of likely N-dealkylation sites (N-methyl/N-ethyl adjacent to an activating group) is 1. The molecule has 10 nitrogen and oxygen atoms in total. The van der Waals surface area contributed by atoms with Crippen molar-refractivity contribution >= 4 is 29.1 Å². The third kappa shape index (κ3) is 4.29. The second-order valence-corrected chi connectivity index (χ2v) is 8.54. The normalized spacial score (nSPS) is 21.4. The molecular formula is C23H26FN5O5. The Labute approximate surface area is 195 Å². The number of benzene rings is 1. The van der Waals surface area contributed by atoms with Crippen LogP contribution in [0.15, 0.2) is 24.3 Å². The molecule has 0 bridgehead atoms. The molecule has 0 saturated carbocycles. The van der Waals surface area contributed by atoms with E-state index >= 15 is 0 Å². The van der Waals surface area contributed by atoms with Gasteiger partial charge in [-0.3, -0.25) is 9.59 Å². The molecule has 2 aromatic rings. The lowest BCUT2D eigenvalue weighted by atomic mass is 10.0. The molecule has 1 fully saturated rings. The second kappa shape index (κ2) is 9.16. The zero-order valence-electron chi connectivity index (χ0n) is 18.7. The SMILES string of the molecule is CN1C(=O)Cc2ccc(F)c(CCNCCC3CN(c4ccc5c(n4)NC(=O)CO5)C(O)O3)c21. The topological polar surface area (TPSA) is 116 Å². The van der Waals surface area contributed by atoms with E-state index in [4.69, 9.17) is 9.47 Å². The van der Waals surface area contributed by atoms with Crippen LogP contribution in [0.1, 0.15) is 17.5 Å². The number of anilines is 3. The van der Waals surface area contributed by atoms with Crippen LogP contribution in [0.4, 0.5) is 21.7 Å². The van der Waals surface area contributed by atoms with E-state index in [1.54, 1.807) is 30.1 Å².